The molecular formula is C21H25N3O3S. The number of nitrogens with one attached hydrogen (secondary N) is 2. The number of hydrogen-bond acceptors (Lipinski definition) is 4. The summed E-state index contributed by atoms with van der Waals surface area (Å²) >= 11 is 0. The Morgan fingerprint density at radius 2 is 1.68 bits per heavy atom. The largest absolute Gasteiger partial charge is 0.355 e. The fourth-order valence-electron chi connectivity index (χ4n) is 3.48. The van der Waals surface area contributed by atoms with Gasteiger partial charge in [0.15, 0.2) is 0 Å². The Labute approximate surface area is 166 Å². The van der Waals surface area contributed by atoms with Gasteiger partial charge < -0.3 is 5.32 Å². The van der Waals surface area contributed by atoms with Crippen LogP contribution in [0.15, 0.2) is 58.5 Å². The first-order valence-electron chi connectivity index (χ1n) is 9.35. The van der Waals surface area contributed by atoms with Crippen molar-refractivity contribution in [2.45, 2.75) is 43.4 Å². The van der Waals surface area contributed by atoms with E-state index in [1.54, 1.807) is 32.2 Å². The first kappa shape index (κ1) is 20.1. The van der Waals surface area contributed by atoms with Gasteiger partial charge in [0.1, 0.15) is 0 Å². The normalized spacial score (nSPS) is 17.1. The van der Waals surface area contributed by atoms with Crippen molar-refractivity contribution in [1.82, 2.24) is 10.1 Å². The van der Waals surface area contributed by atoms with E-state index in [-0.39, 0.29) is 10.8 Å². The zero-order valence-electron chi connectivity index (χ0n) is 16.1. The van der Waals surface area contributed by atoms with Crippen LogP contribution in [0.3, 0.4) is 0 Å². The number of benzene rings is 2. The van der Waals surface area contributed by atoms with Crippen LogP contribution in [0.25, 0.3) is 0 Å². The van der Waals surface area contributed by atoms with Crippen molar-refractivity contribution in [2.24, 2.45) is 5.10 Å². The summed E-state index contributed by atoms with van der Waals surface area (Å²) in [6.45, 7) is 1.77. The maximum Gasteiger partial charge on any atom is 0.276 e. The summed E-state index contributed by atoms with van der Waals surface area (Å²) in [5.74, 6) is 0.302. The maximum absolute atomic E-state index is 12.4. The zero-order chi connectivity index (χ0) is 20.1. The number of amides is 1. The molecule has 3 rings (SSSR count). The van der Waals surface area contributed by atoms with Gasteiger partial charge in [0.05, 0.1) is 4.90 Å². The Bertz CT molecular complexity index is 972. The summed E-state index contributed by atoms with van der Waals surface area (Å²) in [5.41, 5.74) is 3.41. The molecule has 0 unspecified atom stereocenters. The van der Waals surface area contributed by atoms with Crippen molar-refractivity contribution in [2.75, 3.05) is 7.05 Å². The van der Waals surface area contributed by atoms with Gasteiger partial charge >= 0.3 is 0 Å². The number of hydrogen-bond donors (Lipinski definition) is 2. The van der Waals surface area contributed by atoms with Crippen LogP contribution in [0.1, 0.15) is 53.1 Å². The third-order valence-electron chi connectivity index (χ3n) is 5.14. The average Bonchev–Trinajstić information content (AvgIpc) is 2.72. The second-order valence-corrected chi connectivity index (χ2v) is 8.64. The third kappa shape index (κ3) is 4.59. The van der Waals surface area contributed by atoms with Gasteiger partial charge in [-0.05, 0) is 67.9 Å². The molecule has 148 valence electrons. The Morgan fingerprint density at radius 3 is 2.29 bits per heavy atom. The molecule has 0 aliphatic heterocycles. The summed E-state index contributed by atoms with van der Waals surface area (Å²) < 4.78 is 24.9. The number of sulfonamides is 1. The molecule has 1 amide bonds. The molecule has 2 aromatic carbocycles. The van der Waals surface area contributed by atoms with Crippen LogP contribution < -0.4 is 10.1 Å². The van der Waals surface area contributed by atoms with E-state index in [1.165, 1.54) is 5.56 Å². The molecule has 2 N–H and O–H groups in total. The van der Waals surface area contributed by atoms with E-state index in [1.807, 2.05) is 30.3 Å². The molecule has 0 saturated heterocycles. The molecule has 0 atom stereocenters. The van der Waals surface area contributed by atoms with Crippen LogP contribution >= 0.6 is 0 Å². The first-order valence-corrected chi connectivity index (χ1v) is 10.8. The number of nitrogens with zero attached hydrogens (tertiary/aromatic N) is 1. The smallest absolute Gasteiger partial charge is 0.276 e. The number of aryl methyl sites for hydroxylation is 1. The summed E-state index contributed by atoms with van der Waals surface area (Å²) in [5, 5.41) is 6.79. The van der Waals surface area contributed by atoms with Crippen molar-refractivity contribution in [3.05, 3.63) is 65.2 Å². The first-order chi connectivity index (χ1) is 13.4. The van der Waals surface area contributed by atoms with E-state index >= 15 is 0 Å². The highest BCUT2D eigenvalue weighted by Crippen LogP contribution is 2.31. The Morgan fingerprint density at radius 1 is 1.04 bits per heavy atom. The molecule has 1 aliphatic carbocycles. The van der Waals surface area contributed by atoms with Crippen molar-refractivity contribution < 1.29 is 13.2 Å². The lowest BCUT2D eigenvalue weighted by Gasteiger charge is -2.23. The molecule has 28 heavy (non-hydrogen) atoms. The fourth-order valence-corrected chi connectivity index (χ4v) is 4.58. The van der Waals surface area contributed by atoms with Crippen LogP contribution in [-0.2, 0) is 10.0 Å². The van der Waals surface area contributed by atoms with Crippen molar-refractivity contribution in [3.8, 4) is 0 Å². The highest BCUT2D eigenvalue weighted by Gasteiger charge is 2.21. The van der Waals surface area contributed by atoms with Crippen molar-refractivity contribution >= 4 is 21.6 Å². The lowest BCUT2D eigenvalue weighted by molar-refractivity contribution is 0.0963. The summed E-state index contributed by atoms with van der Waals surface area (Å²) in [4.78, 5) is 14.3. The Balaban J connectivity index is 1.61. The number of carbonyl (C=O) groups is 1. The summed E-state index contributed by atoms with van der Waals surface area (Å²) in [6.07, 6.45) is 3.31. The number of rotatable bonds is 5. The van der Waals surface area contributed by atoms with Crippen molar-refractivity contribution in [1.29, 1.82) is 0 Å². The number of carbonyl (C=O) groups excluding carboxylic acids is 1. The molecule has 7 heteroatoms. The van der Waals surface area contributed by atoms with Gasteiger partial charge in [0.2, 0.25) is 0 Å². The van der Waals surface area contributed by atoms with Gasteiger partial charge in [-0.2, -0.15) is 13.5 Å². The second-order valence-electron chi connectivity index (χ2n) is 7.01. The molecule has 0 spiro atoms. The zero-order valence-corrected chi connectivity index (χ0v) is 16.9. The van der Waals surface area contributed by atoms with E-state index in [9.17, 15) is 13.2 Å². The molecule has 0 heterocycles. The molecule has 1 aliphatic rings. The monoisotopic (exact) mass is 399 g/mol. The lowest BCUT2D eigenvalue weighted by Crippen LogP contribution is -2.23. The minimum absolute atomic E-state index is 0.0921. The van der Waals surface area contributed by atoms with Gasteiger partial charge in [0, 0.05) is 18.3 Å². The van der Waals surface area contributed by atoms with E-state index in [4.69, 9.17) is 0 Å². The standard InChI is InChI=1S/C21H25N3O3S/c1-15-5-3-4-6-20(15)28(26,27)24-23-19-13-11-17(12-14-19)16-7-9-18(10-8-16)21(25)22-2/h3-10,17,24H,11-14H2,1-2H3,(H,22,25). The van der Waals surface area contributed by atoms with Crippen LogP contribution in [0.2, 0.25) is 0 Å². The highest BCUT2D eigenvalue weighted by atomic mass is 32.2. The topological polar surface area (TPSA) is 87.6 Å². The summed E-state index contributed by atoms with van der Waals surface area (Å²) in [6, 6.07) is 14.5. The summed E-state index contributed by atoms with van der Waals surface area (Å²) in [7, 11) is -2.03. The Hall–Kier alpha value is -2.67. The maximum atomic E-state index is 12.4. The van der Waals surface area contributed by atoms with Gasteiger partial charge in [0.25, 0.3) is 15.9 Å². The van der Waals surface area contributed by atoms with Crippen LogP contribution in [0, 0.1) is 6.92 Å². The minimum Gasteiger partial charge on any atom is -0.355 e. The van der Waals surface area contributed by atoms with Crippen molar-refractivity contribution in [3.63, 3.8) is 0 Å². The molecule has 6 nitrogen and oxygen atoms in total. The van der Waals surface area contributed by atoms with Crippen LogP contribution in [0.4, 0.5) is 0 Å². The van der Waals surface area contributed by atoms with Gasteiger partial charge in [-0.25, -0.2) is 4.83 Å². The van der Waals surface area contributed by atoms with Gasteiger partial charge in [-0.15, -0.1) is 0 Å². The highest BCUT2D eigenvalue weighted by molar-refractivity contribution is 7.89. The molecule has 1 fully saturated rings. The van der Waals surface area contributed by atoms with E-state index < -0.39 is 10.0 Å². The lowest BCUT2D eigenvalue weighted by atomic mass is 9.83. The van der Waals surface area contributed by atoms with Crippen LogP contribution in [0.5, 0.6) is 0 Å². The van der Waals surface area contributed by atoms with E-state index in [2.05, 4.69) is 15.2 Å². The molecule has 0 radical (unpaired) electrons. The van der Waals surface area contributed by atoms with Gasteiger partial charge in [-0.1, -0.05) is 30.3 Å². The predicted molar refractivity (Wildman–Crippen MR) is 110 cm³/mol. The quantitative estimate of drug-likeness (QED) is 0.756. The van der Waals surface area contributed by atoms with E-state index in [0.29, 0.717) is 17.0 Å². The molecule has 0 bridgehead atoms. The third-order valence-corrected chi connectivity index (χ3v) is 6.51. The predicted octanol–water partition coefficient (Wildman–Crippen LogP) is 3.35. The van der Waals surface area contributed by atoms with Crippen LogP contribution in [-0.4, -0.2) is 27.1 Å². The molecular weight excluding hydrogens is 374 g/mol. The fraction of sp³-hybridized carbons (Fsp3) is 0.333. The van der Waals surface area contributed by atoms with E-state index in [0.717, 1.165) is 31.4 Å². The minimum atomic E-state index is -3.65. The number of hydrazone groups is 1. The molecule has 0 aromatic heterocycles. The second kappa shape index (κ2) is 8.56. The Kier molecular flexibility index (Phi) is 6.14. The molecule has 2 aromatic rings. The van der Waals surface area contributed by atoms with Gasteiger partial charge in [-0.3, -0.25) is 4.79 Å². The average molecular weight is 400 g/mol. The molecule has 1 saturated carbocycles. The SMILES string of the molecule is CNC(=O)c1ccc(C2CCC(=NNS(=O)(=O)c3ccccc3C)CC2)cc1.